The smallest absolute Gasteiger partial charge is 0.181 e. The van der Waals surface area contributed by atoms with Gasteiger partial charge in [0.15, 0.2) is 5.13 Å². The van der Waals surface area contributed by atoms with Crippen molar-refractivity contribution in [2.45, 2.75) is 9.96 Å². The molecule has 0 fully saturated rings. The first-order chi connectivity index (χ1) is 6.74. The van der Waals surface area contributed by atoms with E-state index in [1.807, 2.05) is 6.20 Å². The van der Waals surface area contributed by atoms with Gasteiger partial charge < -0.3 is 5.73 Å². The molecular formula is C8H7BrN2S3. The molecule has 2 N–H and O–H groups in total. The summed E-state index contributed by atoms with van der Waals surface area (Å²) in [5, 5.41) is 2.79. The van der Waals surface area contributed by atoms with Crippen molar-refractivity contribution in [3.05, 3.63) is 27.0 Å². The zero-order valence-electron chi connectivity index (χ0n) is 7.07. The fourth-order valence-electron chi connectivity index (χ4n) is 0.915. The topological polar surface area (TPSA) is 38.9 Å². The minimum Gasteiger partial charge on any atom is -0.375 e. The Kier molecular flexibility index (Phi) is 3.48. The summed E-state index contributed by atoms with van der Waals surface area (Å²) in [6, 6.07) is 2.14. The fourth-order valence-corrected chi connectivity index (χ4v) is 3.92. The van der Waals surface area contributed by atoms with Gasteiger partial charge in [0.25, 0.3) is 0 Å². The van der Waals surface area contributed by atoms with E-state index in [2.05, 4.69) is 32.4 Å². The molecule has 74 valence electrons. The van der Waals surface area contributed by atoms with E-state index in [0.717, 1.165) is 5.75 Å². The highest BCUT2D eigenvalue weighted by molar-refractivity contribution is 9.11. The summed E-state index contributed by atoms with van der Waals surface area (Å²) < 4.78 is 2.35. The highest BCUT2D eigenvalue weighted by Gasteiger charge is 2.01. The molecule has 0 aliphatic rings. The van der Waals surface area contributed by atoms with E-state index < -0.39 is 0 Å². The number of anilines is 1. The molecule has 0 saturated heterocycles. The van der Waals surface area contributed by atoms with Crippen LogP contribution in [0.25, 0.3) is 0 Å². The summed E-state index contributed by atoms with van der Waals surface area (Å²) in [7, 11) is 0. The van der Waals surface area contributed by atoms with Crippen LogP contribution in [0.15, 0.2) is 25.6 Å². The molecule has 2 aromatic heterocycles. The zero-order chi connectivity index (χ0) is 9.97. The quantitative estimate of drug-likeness (QED) is 0.876. The second-order valence-corrected chi connectivity index (χ2v) is 7.19. The van der Waals surface area contributed by atoms with E-state index in [9.17, 15) is 0 Å². The number of halogens is 1. The number of hydrogen-bond acceptors (Lipinski definition) is 5. The van der Waals surface area contributed by atoms with Gasteiger partial charge in [-0.25, -0.2) is 4.98 Å². The molecule has 2 aromatic rings. The Hall–Kier alpha value is -0.0400. The summed E-state index contributed by atoms with van der Waals surface area (Å²) in [4.78, 5) is 4.00. The zero-order valence-corrected chi connectivity index (χ0v) is 11.1. The fraction of sp³-hybridized carbons (Fsp3) is 0.125. The minimum atomic E-state index is 0.638. The van der Waals surface area contributed by atoms with Crippen molar-refractivity contribution in [2.24, 2.45) is 0 Å². The number of thiophene rings is 1. The number of rotatable bonds is 3. The molecule has 0 saturated carbocycles. The van der Waals surface area contributed by atoms with Crippen LogP contribution in [0.1, 0.15) is 5.56 Å². The maximum Gasteiger partial charge on any atom is 0.181 e. The average molecular weight is 307 g/mol. The second-order valence-electron chi connectivity index (χ2n) is 2.57. The SMILES string of the molecule is Nc1ncc(SCc2csc(Br)c2)s1. The van der Waals surface area contributed by atoms with Crippen LogP contribution in [0, 0.1) is 0 Å². The summed E-state index contributed by atoms with van der Waals surface area (Å²) in [6.45, 7) is 0. The summed E-state index contributed by atoms with van der Waals surface area (Å²) in [6.07, 6.45) is 1.83. The van der Waals surface area contributed by atoms with Gasteiger partial charge >= 0.3 is 0 Å². The van der Waals surface area contributed by atoms with E-state index in [4.69, 9.17) is 5.73 Å². The number of thiazole rings is 1. The Morgan fingerprint density at radius 1 is 1.57 bits per heavy atom. The van der Waals surface area contributed by atoms with Crippen LogP contribution in [-0.2, 0) is 5.75 Å². The van der Waals surface area contributed by atoms with Crippen LogP contribution >= 0.6 is 50.4 Å². The van der Waals surface area contributed by atoms with Crippen LogP contribution in [0.5, 0.6) is 0 Å². The third-order valence-electron chi connectivity index (χ3n) is 1.51. The van der Waals surface area contributed by atoms with Gasteiger partial charge in [-0.1, -0.05) is 11.3 Å². The van der Waals surface area contributed by atoms with Crippen LogP contribution < -0.4 is 5.73 Å². The van der Waals surface area contributed by atoms with Gasteiger partial charge in [0.1, 0.15) is 0 Å². The third-order valence-corrected chi connectivity index (χ3v) is 5.15. The number of hydrogen-bond donors (Lipinski definition) is 1. The van der Waals surface area contributed by atoms with Crippen molar-refractivity contribution in [3.63, 3.8) is 0 Å². The summed E-state index contributed by atoms with van der Waals surface area (Å²) >= 11 is 8.46. The molecule has 0 aliphatic heterocycles. The van der Waals surface area contributed by atoms with Crippen LogP contribution in [-0.4, -0.2) is 4.98 Å². The molecule has 0 spiro atoms. The first kappa shape index (κ1) is 10.5. The van der Waals surface area contributed by atoms with Gasteiger partial charge in [-0.05, 0) is 32.9 Å². The van der Waals surface area contributed by atoms with Gasteiger partial charge in [-0.3, -0.25) is 0 Å². The van der Waals surface area contributed by atoms with Gasteiger partial charge in [0.05, 0.1) is 14.2 Å². The van der Waals surface area contributed by atoms with Gasteiger partial charge in [-0.15, -0.1) is 23.1 Å². The largest absolute Gasteiger partial charge is 0.375 e. The van der Waals surface area contributed by atoms with E-state index in [1.165, 1.54) is 24.9 Å². The van der Waals surface area contributed by atoms with Crippen molar-refractivity contribution in [1.82, 2.24) is 4.98 Å². The van der Waals surface area contributed by atoms with Crippen LogP contribution in [0.2, 0.25) is 0 Å². The Labute approximate surface area is 103 Å². The lowest BCUT2D eigenvalue weighted by Gasteiger charge is -1.93. The number of nitrogen functional groups attached to an aromatic ring is 1. The standard InChI is InChI=1S/C8H7BrN2S3/c9-6-1-5(3-12-6)4-13-7-2-11-8(10)14-7/h1-3H,4H2,(H2,10,11). The lowest BCUT2D eigenvalue weighted by Crippen LogP contribution is -1.77. The summed E-state index contributed by atoms with van der Waals surface area (Å²) in [5.74, 6) is 0.976. The van der Waals surface area contributed by atoms with E-state index in [1.54, 1.807) is 23.1 Å². The number of thioether (sulfide) groups is 1. The van der Waals surface area contributed by atoms with Crippen LogP contribution in [0.3, 0.4) is 0 Å². The Morgan fingerprint density at radius 3 is 3.00 bits per heavy atom. The average Bonchev–Trinajstić information content (AvgIpc) is 2.72. The molecular weight excluding hydrogens is 300 g/mol. The Morgan fingerprint density at radius 2 is 2.43 bits per heavy atom. The van der Waals surface area contributed by atoms with Crippen molar-refractivity contribution in [2.75, 3.05) is 5.73 Å². The Bertz CT molecular complexity index is 383. The maximum absolute atomic E-state index is 5.54. The highest BCUT2D eigenvalue weighted by Crippen LogP contribution is 2.31. The first-order valence-electron chi connectivity index (χ1n) is 3.81. The molecule has 2 rings (SSSR count). The van der Waals surface area contributed by atoms with E-state index >= 15 is 0 Å². The molecule has 2 nitrogen and oxygen atoms in total. The van der Waals surface area contributed by atoms with Crippen molar-refractivity contribution < 1.29 is 0 Å². The third kappa shape index (κ3) is 2.73. The highest BCUT2D eigenvalue weighted by atomic mass is 79.9. The lowest BCUT2D eigenvalue weighted by atomic mass is 10.4. The number of aromatic nitrogens is 1. The van der Waals surface area contributed by atoms with Crippen molar-refractivity contribution >= 4 is 55.5 Å². The predicted octanol–water partition coefficient (Wildman–Crippen LogP) is 3.84. The van der Waals surface area contributed by atoms with Gasteiger partial charge in [0.2, 0.25) is 0 Å². The molecule has 0 aromatic carbocycles. The molecule has 14 heavy (non-hydrogen) atoms. The number of nitrogens with zero attached hydrogens (tertiary/aromatic N) is 1. The monoisotopic (exact) mass is 306 g/mol. The molecule has 0 unspecified atom stereocenters. The minimum absolute atomic E-state index is 0.638. The lowest BCUT2D eigenvalue weighted by molar-refractivity contribution is 1.37. The van der Waals surface area contributed by atoms with Crippen molar-refractivity contribution in [3.8, 4) is 0 Å². The number of nitrogens with two attached hydrogens (primary N) is 1. The second kappa shape index (κ2) is 4.65. The Balaban J connectivity index is 1.94. The van der Waals surface area contributed by atoms with Gasteiger partial charge in [0, 0.05) is 5.75 Å². The predicted molar refractivity (Wildman–Crippen MR) is 68.1 cm³/mol. The molecule has 0 radical (unpaired) electrons. The molecule has 0 atom stereocenters. The molecule has 2 heterocycles. The summed E-state index contributed by atoms with van der Waals surface area (Å²) in [5.41, 5.74) is 6.87. The van der Waals surface area contributed by atoms with Crippen molar-refractivity contribution in [1.29, 1.82) is 0 Å². The molecule has 0 aliphatic carbocycles. The molecule has 0 amide bonds. The van der Waals surface area contributed by atoms with Crippen LogP contribution in [0.4, 0.5) is 5.13 Å². The van der Waals surface area contributed by atoms with E-state index in [-0.39, 0.29) is 0 Å². The maximum atomic E-state index is 5.54. The van der Waals surface area contributed by atoms with E-state index in [0.29, 0.717) is 5.13 Å². The van der Waals surface area contributed by atoms with Gasteiger partial charge in [-0.2, -0.15) is 0 Å². The molecule has 6 heteroatoms. The molecule has 0 bridgehead atoms. The first-order valence-corrected chi connectivity index (χ1v) is 7.28. The normalized spacial score (nSPS) is 10.6.